The van der Waals surface area contributed by atoms with Gasteiger partial charge in [-0.05, 0) is 26.1 Å². The van der Waals surface area contributed by atoms with E-state index in [9.17, 15) is 4.79 Å². The van der Waals surface area contributed by atoms with Gasteiger partial charge in [-0.1, -0.05) is 25.4 Å². The van der Waals surface area contributed by atoms with Gasteiger partial charge in [0.25, 0.3) is 0 Å². The maximum atomic E-state index is 10.8. The summed E-state index contributed by atoms with van der Waals surface area (Å²) in [6, 6.07) is 1.60. The molecule has 1 rings (SSSR count). The van der Waals surface area contributed by atoms with Crippen molar-refractivity contribution in [3.8, 4) is 0 Å². The Kier molecular flexibility index (Phi) is 5.57. The average Bonchev–Trinajstić information content (AvgIpc) is 2.29. The molecule has 0 aliphatic rings. The molecule has 0 spiro atoms. The van der Waals surface area contributed by atoms with E-state index in [4.69, 9.17) is 16.7 Å². The van der Waals surface area contributed by atoms with E-state index < -0.39 is 5.97 Å². The second kappa shape index (κ2) is 6.73. The Morgan fingerprint density at radius 2 is 2.16 bits per heavy atom. The molecule has 0 saturated heterocycles. The SMILES string of the molecule is CC(C)C(CN(C)C)Nc1ncc(C(=O)O)cc1Cl. The number of rotatable bonds is 6. The van der Waals surface area contributed by atoms with Crippen LogP contribution < -0.4 is 5.32 Å². The molecule has 19 heavy (non-hydrogen) atoms. The minimum absolute atomic E-state index is 0.0873. The van der Waals surface area contributed by atoms with Gasteiger partial charge in [0.05, 0.1) is 10.6 Å². The first-order valence-electron chi connectivity index (χ1n) is 6.11. The molecule has 0 saturated carbocycles. The first-order valence-corrected chi connectivity index (χ1v) is 6.49. The van der Waals surface area contributed by atoms with Gasteiger partial charge in [0, 0.05) is 18.8 Å². The van der Waals surface area contributed by atoms with Crippen molar-refractivity contribution in [3.63, 3.8) is 0 Å². The lowest BCUT2D eigenvalue weighted by Crippen LogP contribution is -2.36. The minimum atomic E-state index is -1.03. The fraction of sp³-hybridized carbons (Fsp3) is 0.538. The molecular weight excluding hydrogens is 266 g/mol. The molecule has 0 radical (unpaired) electrons. The Bertz CT molecular complexity index is 450. The molecule has 5 nitrogen and oxygen atoms in total. The highest BCUT2D eigenvalue weighted by molar-refractivity contribution is 6.33. The largest absolute Gasteiger partial charge is 0.478 e. The summed E-state index contributed by atoms with van der Waals surface area (Å²) in [7, 11) is 4.00. The smallest absolute Gasteiger partial charge is 0.337 e. The van der Waals surface area contributed by atoms with E-state index in [-0.39, 0.29) is 11.6 Å². The van der Waals surface area contributed by atoms with Gasteiger partial charge in [0.2, 0.25) is 0 Å². The normalized spacial score (nSPS) is 12.8. The Morgan fingerprint density at radius 3 is 2.58 bits per heavy atom. The molecule has 0 amide bonds. The van der Waals surface area contributed by atoms with Gasteiger partial charge < -0.3 is 15.3 Å². The number of halogens is 1. The number of aromatic nitrogens is 1. The van der Waals surface area contributed by atoms with Crippen LogP contribution in [0.5, 0.6) is 0 Å². The molecule has 2 N–H and O–H groups in total. The predicted molar refractivity (Wildman–Crippen MR) is 77.0 cm³/mol. The first kappa shape index (κ1) is 15.7. The summed E-state index contributed by atoms with van der Waals surface area (Å²) in [5, 5.41) is 12.5. The van der Waals surface area contributed by atoms with Gasteiger partial charge in [-0.15, -0.1) is 0 Å². The molecule has 1 unspecified atom stereocenters. The lowest BCUT2D eigenvalue weighted by molar-refractivity contribution is 0.0696. The topological polar surface area (TPSA) is 65.5 Å². The Labute approximate surface area is 118 Å². The van der Waals surface area contributed by atoms with E-state index in [1.165, 1.54) is 12.3 Å². The van der Waals surface area contributed by atoms with Crippen LogP contribution in [-0.2, 0) is 0 Å². The zero-order valence-corrected chi connectivity index (χ0v) is 12.4. The zero-order chi connectivity index (χ0) is 14.6. The standard InChI is InChI=1S/C13H20ClN3O2/c1-8(2)11(7-17(3)4)16-12-10(14)5-9(6-15-12)13(18)19/h5-6,8,11H,7H2,1-4H3,(H,15,16)(H,18,19). The van der Waals surface area contributed by atoms with Crippen LogP contribution in [0.3, 0.4) is 0 Å². The molecule has 1 atom stereocenters. The third kappa shape index (κ3) is 4.69. The number of nitrogens with one attached hydrogen (secondary N) is 1. The number of carboxylic acid groups (broad SMARTS) is 1. The van der Waals surface area contributed by atoms with E-state index in [2.05, 4.69) is 29.0 Å². The van der Waals surface area contributed by atoms with Crippen molar-refractivity contribution in [1.29, 1.82) is 0 Å². The summed E-state index contributed by atoms with van der Waals surface area (Å²) in [5.41, 5.74) is 0.0873. The van der Waals surface area contributed by atoms with Crippen molar-refractivity contribution in [2.24, 2.45) is 5.92 Å². The Balaban J connectivity index is 2.88. The number of aromatic carboxylic acids is 1. The molecule has 1 heterocycles. The summed E-state index contributed by atoms with van der Waals surface area (Å²) in [6.45, 7) is 5.07. The van der Waals surface area contributed by atoms with Crippen LogP contribution in [0.2, 0.25) is 5.02 Å². The summed E-state index contributed by atoms with van der Waals surface area (Å²) >= 11 is 6.06. The number of pyridine rings is 1. The number of carboxylic acids is 1. The highest BCUT2D eigenvalue weighted by atomic mass is 35.5. The van der Waals surface area contributed by atoms with E-state index in [1.54, 1.807) is 0 Å². The Hall–Kier alpha value is -1.33. The Morgan fingerprint density at radius 1 is 1.53 bits per heavy atom. The monoisotopic (exact) mass is 285 g/mol. The molecule has 0 aliphatic carbocycles. The number of likely N-dealkylation sites (N-methyl/N-ethyl adjacent to an activating group) is 1. The van der Waals surface area contributed by atoms with Crippen LogP contribution >= 0.6 is 11.6 Å². The molecule has 0 bridgehead atoms. The maximum absolute atomic E-state index is 10.8. The van der Waals surface area contributed by atoms with Gasteiger partial charge in [-0.25, -0.2) is 9.78 Å². The maximum Gasteiger partial charge on any atom is 0.337 e. The van der Waals surface area contributed by atoms with E-state index >= 15 is 0 Å². The highest BCUT2D eigenvalue weighted by Gasteiger charge is 2.17. The fourth-order valence-electron chi connectivity index (χ4n) is 1.65. The number of carbonyl (C=O) groups is 1. The van der Waals surface area contributed by atoms with E-state index in [0.717, 1.165) is 6.54 Å². The molecule has 0 fully saturated rings. The second-order valence-corrected chi connectivity index (χ2v) is 5.52. The van der Waals surface area contributed by atoms with Gasteiger partial charge in [0.1, 0.15) is 5.82 Å². The third-order valence-corrected chi connectivity index (χ3v) is 3.06. The van der Waals surface area contributed by atoms with Crippen LogP contribution in [-0.4, -0.2) is 47.6 Å². The lowest BCUT2D eigenvalue weighted by Gasteiger charge is -2.26. The van der Waals surface area contributed by atoms with Crippen LogP contribution in [0, 0.1) is 5.92 Å². The summed E-state index contributed by atoms with van der Waals surface area (Å²) in [6.07, 6.45) is 1.31. The highest BCUT2D eigenvalue weighted by Crippen LogP contribution is 2.22. The number of anilines is 1. The first-order chi connectivity index (χ1) is 8.81. The van der Waals surface area contributed by atoms with Gasteiger partial charge >= 0.3 is 5.97 Å². The number of hydrogen-bond donors (Lipinski definition) is 2. The van der Waals surface area contributed by atoms with E-state index in [0.29, 0.717) is 16.8 Å². The van der Waals surface area contributed by atoms with Crippen LogP contribution in [0.1, 0.15) is 24.2 Å². The molecular formula is C13H20ClN3O2. The number of hydrogen-bond acceptors (Lipinski definition) is 4. The summed E-state index contributed by atoms with van der Waals surface area (Å²) < 4.78 is 0. The van der Waals surface area contributed by atoms with Crippen molar-refractivity contribution in [3.05, 3.63) is 22.8 Å². The van der Waals surface area contributed by atoms with Crippen LogP contribution in [0.15, 0.2) is 12.3 Å². The van der Waals surface area contributed by atoms with Crippen molar-refractivity contribution < 1.29 is 9.90 Å². The fourth-order valence-corrected chi connectivity index (χ4v) is 1.87. The predicted octanol–water partition coefficient (Wildman–Crippen LogP) is 2.43. The van der Waals surface area contributed by atoms with Gasteiger partial charge in [-0.3, -0.25) is 0 Å². The molecule has 1 aromatic heterocycles. The molecule has 1 aromatic rings. The zero-order valence-electron chi connectivity index (χ0n) is 11.6. The number of nitrogens with zero attached hydrogens (tertiary/aromatic N) is 2. The summed E-state index contributed by atoms with van der Waals surface area (Å²) in [4.78, 5) is 17.0. The molecule has 0 aromatic carbocycles. The van der Waals surface area contributed by atoms with Crippen molar-refractivity contribution in [1.82, 2.24) is 9.88 Å². The van der Waals surface area contributed by atoms with Crippen LogP contribution in [0.4, 0.5) is 5.82 Å². The summed E-state index contributed by atoms with van der Waals surface area (Å²) in [5.74, 6) is -0.110. The van der Waals surface area contributed by atoms with Gasteiger partial charge in [-0.2, -0.15) is 0 Å². The van der Waals surface area contributed by atoms with E-state index in [1.807, 2.05) is 14.1 Å². The minimum Gasteiger partial charge on any atom is -0.478 e. The molecule has 0 aliphatic heterocycles. The quantitative estimate of drug-likeness (QED) is 0.840. The van der Waals surface area contributed by atoms with Crippen LogP contribution in [0.25, 0.3) is 0 Å². The van der Waals surface area contributed by atoms with Crippen molar-refractivity contribution in [2.75, 3.05) is 26.0 Å². The second-order valence-electron chi connectivity index (χ2n) is 5.12. The van der Waals surface area contributed by atoms with Crippen molar-refractivity contribution >= 4 is 23.4 Å². The van der Waals surface area contributed by atoms with Crippen molar-refractivity contribution in [2.45, 2.75) is 19.9 Å². The average molecular weight is 286 g/mol. The molecule has 106 valence electrons. The third-order valence-electron chi connectivity index (χ3n) is 2.78. The van der Waals surface area contributed by atoms with Gasteiger partial charge in [0.15, 0.2) is 0 Å². The lowest BCUT2D eigenvalue weighted by atomic mass is 10.0. The molecule has 6 heteroatoms.